The molecular weight excluding hydrogens is 248 g/mol. The molecule has 4 nitrogen and oxygen atoms in total. The molecule has 0 N–H and O–H groups in total. The molecule has 0 radical (unpaired) electrons. The van der Waals surface area contributed by atoms with Crippen molar-refractivity contribution in [3.8, 4) is 0 Å². The van der Waals surface area contributed by atoms with Crippen molar-refractivity contribution in [3.05, 3.63) is 59.0 Å². The Kier molecular flexibility index (Phi) is 3.57. The molecule has 0 aliphatic carbocycles. The highest BCUT2D eigenvalue weighted by Crippen LogP contribution is 2.28. The Morgan fingerprint density at radius 2 is 1.50 bits per heavy atom. The van der Waals surface area contributed by atoms with E-state index in [1.807, 2.05) is 0 Å². The third kappa shape index (κ3) is 2.22. The van der Waals surface area contributed by atoms with Gasteiger partial charge in [0.15, 0.2) is 0 Å². The van der Waals surface area contributed by atoms with Crippen molar-refractivity contribution < 1.29 is 0 Å². The van der Waals surface area contributed by atoms with Gasteiger partial charge in [-0.1, -0.05) is 41.5 Å². The van der Waals surface area contributed by atoms with Crippen LogP contribution in [0.15, 0.2) is 53.6 Å². The molecule has 0 fully saturated rings. The molecule has 0 atom stereocenters. The second kappa shape index (κ2) is 5.68. The van der Waals surface area contributed by atoms with E-state index in [2.05, 4.69) is 63.1 Å². The predicted molar refractivity (Wildman–Crippen MR) is 82.7 cm³/mol. The number of benzene rings is 2. The van der Waals surface area contributed by atoms with Gasteiger partial charge in [-0.05, 0) is 30.5 Å². The molecule has 2 aromatic carbocycles. The molecule has 3 aromatic rings. The zero-order valence-corrected chi connectivity index (χ0v) is 11.2. The van der Waals surface area contributed by atoms with Gasteiger partial charge >= 0.3 is 0 Å². The predicted octanol–water partition coefficient (Wildman–Crippen LogP) is 4.89. The zero-order valence-electron chi connectivity index (χ0n) is 11.2. The smallest absolute Gasteiger partial charge is 0.0491 e. The van der Waals surface area contributed by atoms with Gasteiger partial charge in [0.05, 0.1) is 0 Å². The molecule has 1 heterocycles. The highest BCUT2D eigenvalue weighted by Gasteiger charge is 2.08. The van der Waals surface area contributed by atoms with Gasteiger partial charge in [-0.25, -0.2) is 0 Å². The molecule has 3 rings (SSSR count). The lowest BCUT2D eigenvalue weighted by Gasteiger charge is -2.06. The minimum atomic E-state index is 0.577. The van der Waals surface area contributed by atoms with Gasteiger partial charge in [0, 0.05) is 39.8 Å². The third-order valence-electron chi connectivity index (χ3n) is 3.63. The first-order valence-electron chi connectivity index (χ1n) is 6.88. The molecular formula is C16H16N4. The summed E-state index contributed by atoms with van der Waals surface area (Å²) in [6, 6.07) is 17.0. The maximum atomic E-state index is 8.29. The van der Waals surface area contributed by atoms with Crippen LogP contribution in [0.3, 0.4) is 0 Å². The van der Waals surface area contributed by atoms with Gasteiger partial charge in [-0.15, -0.1) is 0 Å². The summed E-state index contributed by atoms with van der Waals surface area (Å²) in [7, 11) is 0. The average Bonchev–Trinajstić information content (AvgIpc) is 2.82. The number of hydrogen-bond donors (Lipinski definition) is 0. The van der Waals surface area contributed by atoms with E-state index in [4.69, 9.17) is 5.53 Å². The first-order chi connectivity index (χ1) is 9.92. The van der Waals surface area contributed by atoms with Crippen LogP contribution in [0.2, 0.25) is 0 Å². The molecule has 0 spiro atoms. The van der Waals surface area contributed by atoms with E-state index in [1.165, 1.54) is 21.8 Å². The molecule has 1 aromatic heterocycles. The lowest BCUT2D eigenvalue weighted by molar-refractivity contribution is 0.642. The lowest BCUT2D eigenvalue weighted by atomic mass is 10.2. The van der Waals surface area contributed by atoms with E-state index < -0.39 is 0 Å². The Morgan fingerprint density at radius 3 is 2.10 bits per heavy atom. The van der Waals surface area contributed by atoms with Crippen molar-refractivity contribution in [3.63, 3.8) is 0 Å². The lowest BCUT2D eigenvalue weighted by Crippen LogP contribution is -1.98. The maximum absolute atomic E-state index is 8.29. The van der Waals surface area contributed by atoms with E-state index in [-0.39, 0.29) is 0 Å². The molecule has 0 bridgehead atoms. The Morgan fingerprint density at radius 1 is 0.900 bits per heavy atom. The summed E-state index contributed by atoms with van der Waals surface area (Å²) in [5.41, 5.74) is 10.8. The van der Waals surface area contributed by atoms with Crippen molar-refractivity contribution >= 4 is 21.8 Å². The maximum Gasteiger partial charge on any atom is 0.0491 e. The summed E-state index contributed by atoms with van der Waals surface area (Å²) in [6.07, 6.45) is 1.94. The van der Waals surface area contributed by atoms with Crippen molar-refractivity contribution in [2.45, 2.75) is 19.4 Å². The van der Waals surface area contributed by atoms with Crippen LogP contribution in [-0.4, -0.2) is 11.1 Å². The Balaban J connectivity index is 1.96. The van der Waals surface area contributed by atoms with Crippen LogP contribution in [0, 0.1) is 0 Å². The van der Waals surface area contributed by atoms with E-state index in [0.29, 0.717) is 6.54 Å². The second-order valence-electron chi connectivity index (χ2n) is 4.85. The van der Waals surface area contributed by atoms with Crippen molar-refractivity contribution in [2.24, 2.45) is 5.11 Å². The molecule has 0 aliphatic heterocycles. The summed E-state index contributed by atoms with van der Waals surface area (Å²) in [5, 5.41) is 6.19. The first kappa shape index (κ1) is 12.6. The van der Waals surface area contributed by atoms with Crippen LogP contribution in [0.25, 0.3) is 32.2 Å². The Hall–Kier alpha value is -2.45. The molecule has 4 heteroatoms. The number of fused-ring (bicyclic) bond motifs is 3. The number of azide groups is 1. The SMILES string of the molecule is [N-]=[N+]=NCCCCn1c2ccccc2c2ccccc21. The van der Waals surface area contributed by atoms with Crippen molar-refractivity contribution in [1.82, 2.24) is 4.57 Å². The van der Waals surface area contributed by atoms with Crippen LogP contribution >= 0.6 is 0 Å². The number of unbranched alkanes of at least 4 members (excludes halogenated alkanes) is 1. The van der Waals surface area contributed by atoms with Crippen LogP contribution < -0.4 is 0 Å². The molecule has 100 valence electrons. The van der Waals surface area contributed by atoms with Gasteiger partial charge in [0.2, 0.25) is 0 Å². The number of aryl methyl sites for hydroxylation is 1. The fraction of sp³-hybridized carbons (Fsp3) is 0.250. The minimum absolute atomic E-state index is 0.577. The van der Waals surface area contributed by atoms with Crippen LogP contribution in [0.5, 0.6) is 0 Å². The van der Waals surface area contributed by atoms with Crippen LogP contribution in [0.1, 0.15) is 12.8 Å². The van der Waals surface area contributed by atoms with Gasteiger partial charge < -0.3 is 4.57 Å². The number of para-hydroxylation sites is 2. The molecule has 0 saturated carbocycles. The van der Waals surface area contributed by atoms with E-state index in [1.54, 1.807) is 0 Å². The molecule has 0 aliphatic rings. The number of nitrogens with zero attached hydrogens (tertiary/aromatic N) is 4. The van der Waals surface area contributed by atoms with Gasteiger partial charge in [-0.3, -0.25) is 0 Å². The quantitative estimate of drug-likeness (QED) is 0.273. The van der Waals surface area contributed by atoms with Crippen LogP contribution in [-0.2, 0) is 6.54 Å². The molecule has 0 amide bonds. The largest absolute Gasteiger partial charge is 0.340 e. The fourth-order valence-corrected chi connectivity index (χ4v) is 2.74. The molecule has 20 heavy (non-hydrogen) atoms. The van der Waals surface area contributed by atoms with Gasteiger partial charge in [0.1, 0.15) is 0 Å². The van der Waals surface area contributed by atoms with Gasteiger partial charge in [0.25, 0.3) is 0 Å². The van der Waals surface area contributed by atoms with Gasteiger partial charge in [-0.2, -0.15) is 0 Å². The van der Waals surface area contributed by atoms with Crippen molar-refractivity contribution in [2.75, 3.05) is 6.54 Å². The number of hydrogen-bond acceptors (Lipinski definition) is 1. The second-order valence-corrected chi connectivity index (χ2v) is 4.85. The monoisotopic (exact) mass is 264 g/mol. The summed E-state index contributed by atoms with van der Waals surface area (Å²) >= 11 is 0. The van der Waals surface area contributed by atoms with E-state index in [0.717, 1.165) is 19.4 Å². The molecule has 0 unspecified atom stereocenters. The summed E-state index contributed by atoms with van der Waals surface area (Å²) in [6.45, 7) is 1.53. The highest BCUT2D eigenvalue weighted by atomic mass is 15.1. The number of rotatable bonds is 5. The zero-order chi connectivity index (χ0) is 13.8. The third-order valence-corrected chi connectivity index (χ3v) is 3.63. The average molecular weight is 264 g/mol. The van der Waals surface area contributed by atoms with Crippen LogP contribution in [0.4, 0.5) is 0 Å². The normalized spacial score (nSPS) is 10.8. The van der Waals surface area contributed by atoms with E-state index in [9.17, 15) is 0 Å². The summed E-state index contributed by atoms with van der Waals surface area (Å²) < 4.78 is 2.36. The van der Waals surface area contributed by atoms with E-state index >= 15 is 0 Å². The topological polar surface area (TPSA) is 53.7 Å². The Bertz CT molecular complexity index is 728. The molecule has 0 saturated heterocycles. The summed E-state index contributed by atoms with van der Waals surface area (Å²) in [4.78, 5) is 2.79. The first-order valence-corrected chi connectivity index (χ1v) is 6.88. The summed E-state index contributed by atoms with van der Waals surface area (Å²) in [5.74, 6) is 0. The number of aromatic nitrogens is 1. The van der Waals surface area contributed by atoms with Crippen molar-refractivity contribution in [1.29, 1.82) is 0 Å². The Labute approximate surface area is 117 Å². The fourth-order valence-electron chi connectivity index (χ4n) is 2.74. The highest BCUT2D eigenvalue weighted by molar-refractivity contribution is 6.07. The standard InChI is InChI=1S/C16H16N4/c17-19-18-11-5-6-12-20-15-9-3-1-7-13(15)14-8-2-4-10-16(14)20/h1-4,7-10H,5-6,11-12H2. The minimum Gasteiger partial charge on any atom is -0.340 e.